The van der Waals surface area contributed by atoms with Gasteiger partial charge in [0, 0.05) is 17.5 Å². The van der Waals surface area contributed by atoms with Gasteiger partial charge in [0.1, 0.15) is 12.0 Å². The second-order valence-electron chi connectivity index (χ2n) is 2.57. The average molecular weight is 154 g/mol. The molecule has 1 atom stereocenters. The second-order valence-corrected chi connectivity index (χ2v) is 2.57. The summed E-state index contributed by atoms with van der Waals surface area (Å²) in [6.45, 7) is 5.07. The highest BCUT2D eigenvalue weighted by Crippen LogP contribution is 2.17. The quantitative estimate of drug-likeness (QED) is 0.619. The first-order valence-electron chi connectivity index (χ1n) is 3.55. The molecule has 0 spiro atoms. The molecule has 0 aliphatic rings. The number of hydrogen-bond donors (Lipinski definition) is 0. The van der Waals surface area contributed by atoms with Crippen molar-refractivity contribution in [3.05, 3.63) is 23.3 Å². The van der Waals surface area contributed by atoms with Gasteiger partial charge in [-0.2, -0.15) is 0 Å². The van der Waals surface area contributed by atoms with E-state index in [4.69, 9.17) is 0 Å². The maximum Gasteiger partial charge on any atom is 0.126 e. The van der Waals surface area contributed by atoms with Crippen molar-refractivity contribution in [1.29, 1.82) is 0 Å². The molecule has 0 amide bonds. The molecule has 0 bridgehead atoms. The van der Waals surface area contributed by atoms with E-state index in [1.807, 2.05) is 0 Å². The summed E-state index contributed by atoms with van der Waals surface area (Å²) in [6.07, 6.45) is 0.568. The van der Waals surface area contributed by atoms with Crippen molar-refractivity contribution in [3.63, 3.8) is 0 Å². The summed E-state index contributed by atoms with van der Waals surface area (Å²) in [5.74, 6) is 0.687. The fraction of sp³-hybridized carbons (Fsp3) is 0.500. The summed E-state index contributed by atoms with van der Waals surface area (Å²) >= 11 is 0. The van der Waals surface area contributed by atoms with Crippen LogP contribution in [0.5, 0.6) is 0 Å². The summed E-state index contributed by atoms with van der Waals surface area (Å²) in [5, 5.41) is 0. The van der Waals surface area contributed by atoms with Crippen LogP contribution >= 0.6 is 0 Å². The fourth-order valence-electron chi connectivity index (χ4n) is 0.983. The van der Waals surface area contributed by atoms with Gasteiger partial charge < -0.3 is 0 Å². The van der Waals surface area contributed by atoms with Gasteiger partial charge in [-0.3, -0.25) is 0 Å². The lowest BCUT2D eigenvalue weighted by molar-refractivity contribution is 0.370. The molecule has 0 saturated heterocycles. The van der Waals surface area contributed by atoms with Crippen LogP contribution in [0.15, 0.2) is 6.20 Å². The van der Waals surface area contributed by atoms with Crippen LogP contribution in [0.1, 0.15) is 30.2 Å². The minimum Gasteiger partial charge on any atom is -0.242 e. The van der Waals surface area contributed by atoms with Crippen molar-refractivity contribution < 1.29 is 4.39 Å². The molecule has 1 heterocycles. The van der Waals surface area contributed by atoms with Crippen LogP contribution in [-0.2, 0) is 0 Å². The normalized spacial score (nSPS) is 13.1. The minimum atomic E-state index is -0.976. The van der Waals surface area contributed by atoms with Crippen molar-refractivity contribution in [2.24, 2.45) is 0 Å². The van der Waals surface area contributed by atoms with Crippen molar-refractivity contribution in [3.8, 4) is 0 Å². The molecule has 1 aromatic heterocycles. The predicted octanol–water partition coefficient (Wildman–Crippen LogP) is 2.12. The molecule has 1 aromatic rings. The highest BCUT2D eigenvalue weighted by molar-refractivity contribution is 5.17. The number of halogens is 1. The van der Waals surface area contributed by atoms with Gasteiger partial charge >= 0.3 is 0 Å². The molecule has 3 heteroatoms. The summed E-state index contributed by atoms with van der Waals surface area (Å²) < 4.78 is 12.7. The van der Waals surface area contributed by atoms with E-state index in [0.717, 1.165) is 5.69 Å². The molecule has 0 fully saturated rings. The number of aryl methyl sites for hydroxylation is 2. The van der Waals surface area contributed by atoms with E-state index in [9.17, 15) is 4.39 Å². The fourth-order valence-corrected chi connectivity index (χ4v) is 0.983. The number of aromatic nitrogens is 2. The molecule has 2 nitrogen and oxygen atoms in total. The third-order valence-electron chi connectivity index (χ3n) is 1.57. The lowest BCUT2D eigenvalue weighted by Gasteiger charge is -2.04. The second kappa shape index (κ2) is 2.95. The van der Waals surface area contributed by atoms with E-state index in [0.29, 0.717) is 11.4 Å². The molecule has 11 heavy (non-hydrogen) atoms. The average Bonchev–Trinajstić information content (AvgIpc) is 1.85. The third kappa shape index (κ3) is 1.73. The Morgan fingerprint density at radius 3 is 2.55 bits per heavy atom. The Kier molecular flexibility index (Phi) is 2.17. The third-order valence-corrected chi connectivity index (χ3v) is 1.57. The van der Waals surface area contributed by atoms with Crippen LogP contribution in [0.2, 0.25) is 0 Å². The lowest BCUT2D eigenvalue weighted by Crippen LogP contribution is -1.98. The number of rotatable bonds is 1. The first kappa shape index (κ1) is 8.11. The summed E-state index contributed by atoms with van der Waals surface area (Å²) in [4.78, 5) is 7.95. The van der Waals surface area contributed by atoms with Gasteiger partial charge in [-0.05, 0) is 20.8 Å². The van der Waals surface area contributed by atoms with Crippen molar-refractivity contribution in [1.82, 2.24) is 9.97 Å². The van der Waals surface area contributed by atoms with E-state index in [1.54, 1.807) is 20.0 Å². The summed E-state index contributed by atoms with van der Waals surface area (Å²) in [6, 6.07) is 0. The monoisotopic (exact) mass is 154 g/mol. The Morgan fingerprint density at radius 2 is 2.09 bits per heavy atom. The molecule has 0 aromatic carbocycles. The van der Waals surface area contributed by atoms with Gasteiger partial charge in [0.25, 0.3) is 0 Å². The van der Waals surface area contributed by atoms with Crippen LogP contribution in [0.25, 0.3) is 0 Å². The zero-order valence-electron chi connectivity index (χ0n) is 6.93. The maximum absolute atomic E-state index is 12.7. The van der Waals surface area contributed by atoms with Crippen LogP contribution < -0.4 is 0 Å². The Bertz CT molecular complexity index is 258. The highest BCUT2D eigenvalue weighted by Gasteiger charge is 2.07. The number of hydrogen-bond acceptors (Lipinski definition) is 2. The van der Waals surface area contributed by atoms with E-state index in [-0.39, 0.29) is 0 Å². The van der Waals surface area contributed by atoms with Crippen LogP contribution in [0.3, 0.4) is 0 Å². The van der Waals surface area contributed by atoms with Crippen LogP contribution in [0, 0.1) is 13.8 Å². The molecule has 0 aliphatic carbocycles. The zero-order chi connectivity index (χ0) is 8.43. The van der Waals surface area contributed by atoms with Crippen LogP contribution in [0.4, 0.5) is 4.39 Å². The number of nitrogens with zero attached hydrogens (tertiary/aromatic N) is 2. The summed E-state index contributed by atoms with van der Waals surface area (Å²) in [5.41, 5.74) is 1.31. The van der Waals surface area contributed by atoms with E-state index >= 15 is 0 Å². The lowest BCUT2D eigenvalue weighted by atomic mass is 10.2. The Labute approximate surface area is 65.5 Å². The molecule has 1 unspecified atom stereocenters. The molecule has 1 rings (SSSR count). The first-order valence-corrected chi connectivity index (χ1v) is 3.55. The van der Waals surface area contributed by atoms with Gasteiger partial charge in [0.05, 0.1) is 0 Å². The topological polar surface area (TPSA) is 25.8 Å². The molecule has 0 saturated carbocycles. The standard InChI is InChI=1S/C8H11FN2/c1-5(9)8-4-10-7(3)11-6(8)2/h4-5H,1-3H3. The van der Waals surface area contributed by atoms with Gasteiger partial charge in [-0.15, -0.1) is 0 Å². The van der Waals surface area contributed by atoms with Crippen LogP contribution in [-0.4, -0.2) is 9.97 Å². The minimum absolute atomic E-state index is 0.579. The SMILES string of the molecule is Cc1ncc(C(C)F)c(C)n1. The van der Waals surface area contributed by atoms with Crippen molar-refractivity contribution >= 4 is 0 Å². The Balaban J connectivity index is 3.09. The van der Waals surface area contributed by atoms with E-state index < -0.39 is 6.17 Å². The van der Waals surface area contributed by atoms with Gasteiger partial charge in [0.15, 0.2) is 0 Å². The summed E-state index contributed by atoms with van der Waals surface area (Å²) in [7, 11) is 0. The van der Waals surface area contributed by atoms with E-state index in [2.05, 4.69) is 9.97 Å². The van der Waals surface area contributed by atoms with Crippen molar-refractivity contribution in [2.45, 2.75) is 26.9 Å². The predicted molar refractivity (Wildman–Crippen MR) is 41.0 cm³/mol. The molecule has 60 valence electrons. The van der Waals surface area contributed by atoms with Gasteiger partial charge in [0.2, 0.25) is 0 Å². The Hall–Kier alpha value is -0.990. The smallest absolute Gasteiger partial charge is 0.126 e. The molecule has 0 aliphatic heterocycles. The zero-order valence-corrected chi connectivity index (χ0v) is 6.93. The van der Waals surface area contributed by atoms with E-state index in [1.165, 1.54) is 6.92 Å². The highest BCUT2D eigenvalue weighted by atomic mass is 19.1. The van der Waals surface area contributed by atoms with Gasteiger partial charge in [-0.1, -0.05) is 0 Å². The van der Waals surface area contributed by atoms with Crippen molar-refractivity contribution in [2.75, 3.05) is 0 Å². The Morgan fingerprint density at radius 1 is 1.45 bits per heavy atom. The molecule has 0 radical (unpaired) electrons. The van der Waals surface area contributed by atoms with Gasteiger partial charge in [-0.25, -0.2) is 14.4 Å². The first-order chi connectivity index (χ1) is 5.11. The molecule has 0 N–H and O–H groups in total. The molecular weight excluding hydrogens is 143 g/mol. The number of alkyl halides is 1. The maximum atomic E-state index is 12.7. The largest absolute Gasteiger partial charge is 0.242 e. The molecular formula is C8H11FN2.